The minimum absolute atomic E-state index is 0.189. The van der Waals surface area contributed by atoms with Gasteiger partial charge in [0.2, 0.25) is 11.8 Å². The monoisotopic (exact) mass is 435 g/mol. The molecule has 32 heavy (non-hydrogen) atoms. The van der Waals surface area contributed by atoms with Crippen molar-refractivity contribution >= 4 is 23.5 Å². The summed E-state index contributed by atoms with van der Waals surface area (Å²) < 4.78 is 5.47. The average molecular weight is 436 g/mol. The Bertz CT molecular complexity index is 1020. The molecule has 7 heteroatoms. The van der Waals surface area contributed by atoms with Crippen molar-refractivity contribution in [2.45, 2.75) is 24.9 Å². The Morgan fingerprint density at radius 3 is 2.31 bits per heavy atom. The van der Waals surface area contributed by atoms with Gasteiger partial charge in [0, 0.05) is 39.3 Å². The first-order valence-corrected chi connectivity index (χ1v) is 10.9. The summed E-state index contributed by atoms with van der Waals surface area (Å²) >= 11 is 0. The molecular weight excluding hydrogens is 406 g/mol. The first kappa shape index (κ1) is 22.0. The number of amides is 2. The molecule has 0 unspecified atom stereocenters. The SMILES string of the molecule is CCOC(=O)[C@]1(Cc2ccccc2)N[C@H](c2ccc(N(C)C)cc2)[C@H]2C(=O)N(C)C(=O)[C@@H]21. The van der Waals surface area contributed by atoms with Gasteiger partial charge in [-0.25, -0.2) is 0 Å². The molecule has 2 heterocycles. The first-order chi connectivity index (χ1) is 15.3. The van der Waals surface area contributed by atoms with Crippen molar-refractivity contribution in [2.24, 2.45) is 11.8 Å². The van der Waals surface area contributed by atoms with E-state index in [1.165, 1.54) is 7.05 Å². The number of ether oxygens (including phenoxy) is 1. The van der Waals surface area contributed by atoms with Crippen molar-refractivity contribution in [1.29, 1.82) is 0 Å². The van der Waals surface area contributed by atoms with Gasteiger partial charge in [-0.3, -0.25) is 24.6 Å². The predicted molar refractivity (Wildman–Crippen MR) is 121 cm³/mol. The average Bonchev–Trinajstić information content (AvgIpc) is 3.24. The number of nitrogens with one attached hydrogen (secondary N) is 1. The van der Waals surface area contributed by atoms with Crippen molar-refractivity contribution in [3.05, 3.63) is 65.7 Å². The highest BCUT2D eigenvalue weighted by atomic mass is 16.5. The molecule has 168 valence electrons. The van der Waals surface area contributed by atoms with Gasteiger partial charge in [0.15, 0.2) is 0 Å². The van der Waals surface area contributed by atoms with Gasteiger partial charge in [-0.05, 0) is 30.2 Å². The fourth-order valence-electron chi connectivity index (χ4n) is 5.01. The normalized spacial score (nSPS) is 26.9. The van der Waals surface area contributed by atoms with E-state index < -0.39 is 29.4 Å². The number of carbonyl (C=O) groups is 3. The predicted octanol–water partition coefficient (Wildman–Crippen LogP) is 2.17. The summed E-state index contributed by atoms with van der Waals surface area (Å²) in [6.45, 7) is 1.93. The Hall–Kier alpha value is -3.19. The van der Waals surface area contributed by atoms with E-state index in [2.05, 4.69) is 5.32 Å². The number of hydrogen-bond donors (Lipinski definition) is 1. The van der Waals surface area contributed by atoms with Crippen molar-refractivity contribution < 1.29 is 19.1 Å². The van der Waals surface area contributed by atoms with Crippen molar-refractivity contribution in [2.75, 3.05) is 32.6 Å². The van der Waals surface area contributed by atoms with Crippen molar-refractivity contribution in [1.82, 2.24) is 10.2 Å². The molecule has 2 amide bonds. The molecule has 0 aliphatic carbocycles. The van der Waals surface area contributed by atoms with Crippen LogP contribution < -0.4 is 10.2 Å². The van der Waals surface area contributed by atoms with E-state index in [1.807, 2.05) is 73.6 Å². The minimum atomic E-state index is -1.33. The molecular formula is C25H29N3O4. The lowest BCUT2D eigenvalue weighted by molar-refractivity contribution is -0.156. The summed E-state index contributed by atoms with van der Waals surface area (Å²) in [5, 5.41) is 3.43. The third-order valence-electron chi connectivity index (χ3n) is 6.61. The molecule has 0 saturated carbocycles. The maximum atomic E-state index is 13.4. The van der Waals surface area contributed by atoms with Gasteiger partial charge in [-0.15, -0.1) is 0 Å². The van der Waals surface area contributed by atoms with Gasteiger partial charge in [-0.2, -0.15) is 0 Å². The van der Waals surface area contributed by atoms with Gasteiger partial charge in [0.1, 0.15) is 5.54 Å². The van der Waals surface area contributed by atoms with E-state index in [-0.39, 0.29) is 24.8 Å². The topological polar surface area (TPSA) is 79.0 Å². The summed E-state index contributed by atoms with van der Waals surface area (Å²) in [5.41, 5.74) is 1.45. The number of rotatable bonds is 6. The molecule has 2 aliphatic rings. The lowest BCUT2D eigenvalue weighted by Crippen LogP contribution is -2.57. The van der Waals surface area contributed by atoms with E-state index in [4.69, 9.17) is 4.74 Å². The molecule has 4 atom stereocenters. The minimum Gasteiger partial charge on any atom is -0.465 e. The fraction of sp³-hybridized carbons (Fsp3) is 0.400. The third-order valence-corrected chi connectivity index (χ3v) is 6.61. The second kappa shape index (κ2) is 8.39. The largest absolute Gasteiger partial charge is 0.465 e. The Labute approximate surface area is 188 Å². The maximum Gasteiger partial charge on any atom is 0.327 e. The van der Waals surface area contributed by atoms with E-state index in [0.717, 1.165) is 21.7 Å². The van der Waals surface area contributed by atoms with E-state index in [9.17, 15) is 14.4 Å². The molecule has 0 bridgehead atoms. The third kappa shape index (κ3) is 3.46. The molecule has 2 fully saturated rings. The number of nitrogens with zero attached hydrogens (tertiary/aromatic N) is 2. The molecule has 0 aromatic heterocycles. The van der Waals surface area contributed by atoms with Crippen LogP contribution in [-0.4, -0.2) is 56.0 Å². The van der Waals surface area contributed by atoms with Gasteiger partial charge in [0.25, 0.3) is 0 Å². The summed E-state index contributed by atoms with van der Waals surface area (Å²) in [6.07, 6.45) is 0.257. The van der Waals surface area contributed by atoms with Crippen LogP contribution in [0.15, 0.2) is 54.6 Å². The molecule has 2 aromatic rings. The summed E-state index contributed by atoms with van der Waals surface area (Å²) in [5.74, 6) is -2.62. The molecule has 4 rings (SSSR count). The van der Waals surface area contributed by atoms with Crippen LogP contribution in [0.25, 0.3) is 0 Å². The summed E-state index contributed by atoms with van der Waals surface area (Å²) in [4.78, 5) is 43.0. The zero-order chi connectivity index (χ0) is 23.0. The number of likely N-dealkylation sites (tertiary alicyclic amines) is 1. The number of imide groups is 1. The van der Waals surface area contributed by atoms with Crippen molar-refractivity contribution in [3.8, 4) is 0 Å². The summed E-state index contributed by atoms with van der Waals surface area (Å²) in [7, 11) is 5.41. The van der Waals surface area contributed by atoms with E-state index >= 15 is 0 Å². The molecule has 2 saturated heterocycles. The van der Waals surface area contributed by atoms with E-state index in [0.29, 0.717) is 0 Å². The van der Waals surface area contributed by atoms with Gasteiger partial charge in [0.05, 0.1) is 18.4 Å². The number of benzene rings is 2. The molecule has 2 aliphatic heterocycles. The molecule has 2 aromatic carbocycles. The number of esters is 1. The van der Waals surface area contributed by atoms with Crippen LogP contribution >= 0.6 is 0 Å². The van der Waals surface area contributed by atoms with Gasteiger partial charge < -0.3 is 9.64 Å². The molecule has 0 spiro atoms. The fourth-order valence-corrected chi connectivity index (χ4v) is 5.01. The lowest BCUT2D eigenvalue weighted by Gasteiger charge is -2.32. The van der Waals surface area contributed by atoms with Crippen LogP contribution in [0.2, 0.25) is 0 Å². The van der Waals surface area contributed by atoms with Crippen LogP contribution in [0.4, 0.5) is 5.69 Å². The number of anilines is 1. The molecule has 1 N–H and O–H groups in total. The van der Waals surface area contributed by atoms with Crippen LogP contribution in [0.5, 0.6) is 0 Å². The smallest absolute Gasteiger partial charge is 0.327 e. The number of fused-ring (bicyclic) bond motifs is 1. The zero-order valence-electron chi connectivity index (χ0n) is 18.9. The lowest BCUT2D eigenvalue weighted by atomic mass is 9.76. The quantitative estimate of drug-likeness (QED) is 0.554. The Morgan fingerprint density at radius 1 is 1.06 bits per heavy atom. The Kier molecular flexibility index (Phi) is 5.77. The zero-order valence-corrected chi connectivity index (χ0v) is 18.9. The van der Waals surface area contributed by atoms with Crippen LogP contribution in [0, 0.1) is 11.8 Å². The van der Waals surface area contributed by atoms with Crippen LogP contribution in [0.1, 0.15) is 24.1 Å². The van der Waals surface area contributed by atoms with Crippen molar-refractivity contribution in [3.63, 3.8) is 0 Å². The van der Waals surface area contributed by atoms with Crippen LogP contribution in [-0.2, 0) is 25.5 Å². The highest BCUT2D eigenvalue weighted by Gasteiger charge is 2.68. The highest BCUT2D eigenvalue weighted by Crippen LogP contribution is 2.50. The van der Waals surface area contributed by atoms with E-state index in [1.54, 1.807) is 6.92 Å². The van der Waals surface area contributed by atoms with Crippen LogP contribution in [0.3, 0.4) is 0 Å². The molecule has 7 nitrogen and oxygen atoms in total. The molecule has 0 radical (unpaired) electrons. The summed E-state index contributed by atoms with van der Waals surface area (Å²) in [6, 6.07) is 16.9. The van der Waals surface area contributed by atoms with Gasteiger partial charge in [-0.1, -0.05) is 42.5 Å². The number of carbonyl (C=O) groups excluding carboxylic acids is 3. The second-order valence-electron chi connectivity index (χ2n) is 8.70. The first-order valence-electron chi connectivity index (χ1n) is 10.9. The highest BCUT2D eigenvalue weighted by molar-refractivity contribution is 6.09. The Balaban J connectivity index is 1.82. The maximum absolute atomic E-state index is 13.4. The van der Waals surface area contributed by atoms with Gasteiger partial charge >= 0.3 is 5.97 Å². The number of hydrogen-bond acceptors (Lipinski definition) is 6. The standard InChI is InChI=1S/C25H29N3O4/c1-5-32-24(31)25(15-16-9-7-6-8-10-16)20-19(22(29)28(4)23(20)30)21(26-25)17-11-13-18(14-12-17)27(2)3/h6-14,19-21,26H,5,15H2,1-4H3/t19-,20+,21+,25+/m0/s1. The Morgan fingerprint density at radius 2 is 1.72 bits per heavy atom. The second-order valence-corrected chi connectivity index (χ2v) is 8.70.